The number of fused-ring (bicyclic) bond motifs is 4. The maximum Gasteiger partial charge on any atom is 0.207 e. The number of anilines is 4. The molecule has 0 aliphatic carbocycles. The molecule has 12 aromatic rings. The summed E-state index contributed by atoms with van der Waals surface area (Å²) >= 11 is 6.69. The molecule has 472 valence electrons. The smallest absolute Gasteiger partial charge is 0.207 e. The van der Waals surface area contributed by atoms with Gasteiger partial charge in [0.25, 0.3) is 0 Å². The fraction of sp³-hybridized carbons (Fsp3) is 0.263. The van der Waals surface area contributed by atoms with Crippen molar-refractivity contribution in [3.63, 3.8) is 0 Å². The van der Waals surface area contributed by atoms with E-state index in [9.17, 15) is 0 Å². The molecular formula is C76H84N12S4. The van der Waals surface area contributed by atoms with Crippen LogP contribution in [0.3, 0.4) is 0 Å². The van der Waals surface area contributed by atoms with E-state index in [0.717, 1.165) is 103 Å². The van der Waals surface area contributed by atoms with Crippen molar-refractivity contribution in [1.29, 1.82) is 0 Å². The first-order valence-corrected chi connectivity index (χ1v) is 35.0. The Kier molecular flexibility index (Phi) is 25.0. The Morgan fingerprint density at radius 2 is 0.696 bits per heavy atom. The average Bonchev–Trinajstić information content (AvgIpc) is 2.10. The van der Waals surface area contributed by atoms with Crippen molar-refractivity contribution >= 4 is 132 Å². The van der Waals surface area contributed by atoms with E-state index in [0.29, 0.717) is 0 Å². The molecule has 0 radical (unpaired) electrons. The van der Waals surface area contributed by atoms with Gasteiger partial charge in [-0.1, -0.05) is 228 Å². The molecule has 92 heavy (non-hydrogen) atoms. The molecular weight excluding hydrogens is 1210 g/mol. The zero-order valence-electron chi connectivity index (χ0n) is 54.9. The number of hydrogen-bond donors (Lipinski definition) is 1. The van der Waals surface area contributed by atoms with Crippen LogP contribution in [-0.4, -0.2) is 64.4 Å². The average molecular weight is 1290 g/mol. The number of hydrogen-bond acceptors (Lipinski definition) is 16. The zero-order valence-corrected chi connectivity index (χ0v) is 58.2. The highest BCUT2D eigenvalue weighted by molar-refractivity contribution is 7.23. The molecule has 4 aromatic heterocycles. The van der Waals surface area contributed by atoms with Crippen molar-refractivity contribution in [2.24, 2.45) is 20.4 Å². The zero-order chi connectivity index (χ0) is 64.8. The van der Waals surface area contributed by atoms with Gasteiger partial charge in [0.2, 0.25) is 20.5 Å². The van der Waals surface area contributed by atoms with Crippen molar-refractivity contribution in [2.75, 3.05) is 40.1 Å². The van der Waals surface area contributed by atoms with Crippen LogP contribution in [0.1, 0.15) is 126 Å². The minimum Gasteiger partial charge on any atom is -0.253 e. The lowest BCUT2D eigenvalue weighted by molar-refractivity contribution is 0.651. The molecule has 0 aliphatic rings. The number of benzene rings is 8. The van der Waals surface area contributed by atoms with Crippen LogP contribution in [0.2, 0.25) is 0 Å². The van der Waals surface area contributed by atoms with Crippen molar-refractivity contribution in [1.82, 2.24) is 19.9 Å². The first-order chi connectivity index (χ1) is 44.7. The minimum absolute atomic E-state index is 0.793. The van der Waals surface area contributed by atoms with Crippen LogP contribution in [0, 0.1) is 55.4 Å². The highest BCUT2D eigenvalue weighted by Gasteiger charge is 2.14. The summed E-state index contributed by atoms with van der Waals surface area (Å²) in [4.78, 5) is 18.7. The van der Waals surface area contributed by atoms with E-state index >= 15 is 0 Å². The Hall–Kier alpha value is -8.80. The predicted octanol–water partition coefficient (Wildman–Crippen LogP) is 21.0. The molecule has 0 atom stereocenters. The number of aromatic nitrogens is 4. The molecule has 0 unspecified atom stereocenters. The highest BCUT2D eigenvalue weighted by Crippen LogP contribution is 2.32. The van der Waals surface area contributed by atoms with Crippen LogP contribution in [0.15, 0.2) is 190 Å². The summed E-state index contributed by atoms with van der Waals surface area (Å²) in [5.74, 6) is 0. The maximum atomic E-state index is 4.82. The SMILES string of the molecule is CCCCCCN(/N=C/c1cc(C)ccc1C)c1nc2ccccc2s1.CCCCN(/N=C/c1cc(C)ccc1C)c1nc2ccccc2s1.CCN(/N=C/c1cc(C)ccc1C)c1nc2ccccc2s1.Cc1ccc(C)c(/C=N/Nc2nc3ccccc3s2)c1. The number of unbranched alkanes of at least 4 members (excludes halogenated alkanes) is 4. The summed E-state index contributed by atoms with van der Waals surface area (Å²) < 4.78 is 4.77. The van der Waals surface area contributed by atoms with E-state index in [1.165, 1.54) is 83.4 Å². The van der Waals surface area contributed by atoms with Gasteiger partial charge in [0.05, 0.1) is 65.7 Å². The van der Waals surface area contributed by atoms with Gasteiger partial charge in [0, 0.05) is 19.6 Å². The normalized spacial score (nSPS) is 11.4. The summed E-state index contributed by atoms with van der Waals surface area (Å²) in [7, 11) is 0. The van der Waals surface area contributed by atoms with E-state index in [1.54, 1.807) is 45.3 Å². The van der Waals surface area contributed by atoms with Gasteiger partial charge < -0.3 is 0 Å². The number of rotatable bonds is 21. The quantitative estimate of drug-likeness (QED) is 0.0429. The summed E-state index contributed by atoms with van der Waals surface area (Å²) in [6.45, 7) is 26.0. The van der Waals surface area contributed by atoms with Gasteiger partial charge in [-0.15, -0.1) is 0 Å². The Morgan fingerprint density at radius 3 is 1.07 bits per heavy atom. The van der Waals surface area contributed by atoms with Crippen molar-refractivity contribution in [2.45, 2.75) is 115 Å². The summed E-state index contributed by atoms with van der Waals surface area (Å²) in [5, 5.41) is 28.2. The van der Waals surface area contributed by atoms with Gasteiger partial charge in [-0.05, 0) is 168 Å². The highest BCUT2D eigenvalue weighted by atomic mass is 32.1. The fourth-order valence-corrected chi connectivity index (χ4v) is 13.3. The summed E-state index contributed by atoms with van der Waals surface area (Å²) in [5.41, 5.74) is 21.7. The topological polar surface area (TPSA) is 123 Å². The Morgan fingerprint density at radius 1 is 0.359 bits per heavy atom. The van der Waals surface area contributed by atoms with E-state index in [2.05, 4.69) is 228 Å². The van der Waals surface area contributed by atoms with Crippen LogP contribution in [-0.2, 0) is 0 Å². The third-order valence-electron chi connectivity index (χ3n) is 15.2. The molecule has 8 aromatic carbocycles. The second kappa shape index (κ2) is 34.0. The van der Waals surface area contributed by atoms with E-state index in [4.69, 9.17) is 20.2 Å². The first-order valence-electron chi connectivity index (χ1n) is 31.7. The Balaban J connectivity index is 0.000000146. The molecule has 0 saturated heterocycles. The maximum absolute atomic E-state index is 4.82. The number of thiazole rings is 4. The second-order valence-electron chi connectivity index (χ2n) is 22.8. The summed E-state index contributed by atoms with van der Waals surface area (Å²) in [6, 6.07) is 58.5. The molecule has 1 N–H and O–H groups in total. The number of para-hydroxylation sites is 4. The van der Waals surface area contributed by atoms with Gasteiger partial charge in [-0.3, -0.25) is 5.43 Å². The number of nitrogens with one attached hydrogen (secondary N) is 1. The lowest BCUT2D eigenvalue weighted by atomic mass is 10.1. The molecule has 0 amide bonds. The molecule has 0 bridgehead atoms. The van der Waals surface area contributed by atoms with Crippen molar-refractivity contribution < 1.29 is 0 Å². The third kappa shape index (κ3) is 19.4. The van der Waals surface area contributed by atoms with Crippen molar-refractivity contribution in [3.05, 3.63) is 237 Å². The van der Waals surface area contributed by atoms with Crippen LogP contribution in [0.4, 0.5) is 20.5 Å². The van der Waals surface area contributed by atoms with Gasteiger partial charge in [0.1, 0.15) is 0 Å². The molecule has 0 fully saturated rings. The number of nitrogens with zero attached hydrogens (tertiary/aromatic N) is 11. The van der Waals surface area contributed by atoms with Gasteiger partial charge >= 0.3 is 0 Å². The second-order valence-corrected chi connectivity index (χ2v) is 26.9. The van der Waals surface area contributed by atoms with Gasteiger partial charge in [-0.2, -0.15) is 20.4 Å². The standard InChI is InChI=1S/C22H27N3S.C20H23N3S.C18H19N3S.C16H15N3S/c1-4-5-6-9-14-25(22-24-20-10-7-8-11-21(20)26-22)23-16-19-15-17(2)12-13-18(19)3;1-4-5-12-23(20-22-18-8-6-7-9-19(18)24-20)21-14-17-13-15(2)10-11-16(17)3;1-4-21(18-20-16-7-5-6-8-17(16)22-18)19-12-15-11-13(2)9-10-14(15)3;1-11-7-8-12(2)13(9-11)10-17-19-16-18-14-5-3-4-6-15(14)20-16/h7-8,10-13,15-16H,4-6,9,14H2,1-3H3;6-11,13-14H,4-5,12H2,1-3H3;5-12H,4H2,1-3H3;3-10H,1-2H3,(H,18,19)/b23-16+;21-14+;19-12+;17-10+. The number of aryl methyl sites for hydroxylation is 8. The molecule has 0 saturated carbocycles. The lowest BCUT2D eigenvalue weighted by Crippen LogP contribution is -2.18. The van der Waals surface area contributed by atoms with E-state index in [1.807, 2.05) is 83.4 Å². The molecule has 0 aliphatic heterocycles. The monoisotopic (exact) mass is 1290 g/mol. The Bertz CT molecular complexity index is 4320. The molecule has 16 heteroatoms. The van der Waals surface area contributed by atoms with Crippen LogP contribution < -0.4 is 20.5 Å². The van der Waals surface area contributed by atoms with Crippen LogP contribution in [0.5, 0.6) is 0 Å². The first kappa shape index (κ1) is 67.6. The largest absolute Gasteiger partial charge is 0.253 e. The molecule has 4 heterocycles. The minimum atomic E-state index is 0.793. The van der Waals surface area contributed by atoms with Gasteiger partial charge in [-0.25, -0.2) is 35.0 Å². The van der Waals surface area contributed by atoms with Crippen molar-refractivity contribution in [3.8, 4) is 0 Å². The van der Waals surface area contributed by atoms with Crippen LogP contribution >= 0.6 is 45.3 Å². The molecule has 0 spiro atoms. The lowest BCUT2D eigenvalue weighted by Gasteiger charge is -2.16. The Labute approximate surface area is 559 Å². The van der Waals surface area contributed by atoms with Gasteiger partial charge in [0.15, 0.2) is 0 Å². The molecule has 12 nitrogen and oxygen atoms in total. The van der Waals surface area contributed by atoms with E-state index in [-0.39, 0.29) is 0 Å². The fourth-order valence-electron chi connectivity index (χ4n) is 9.65. The summed E-state index contributed by atoms with van der Waals surface area (Å²) in [6.07, 6.45) is 14.8. The number of hydrazone groups is 4. The van der Waals surface area contributed by atoms with E-state index < -0.39 is 0 Å². The van der Waals surface area contributed by atoms with Crippen LogP contribution in [0.25, 0.3) is 40.9 Å². The predicted molar refractivity (Wildman–Crippen MR) is 403 cm³/mol. The third-order valence-corrected chi connectivity index (χ3v) is 19.3. The molecule has 12 rings (SSSR count).